The number of hydrogen-bond acceptors (Lipinski definition) is 2. The minimum atomic E-state index is 0.110. The van der Waals surface area contributed by atoms with Gasteiger partial charge in [0.15, 0.2) is 0 Å². The van der Waals surface area contributed by atoms with Gasteiger partial charge in [-0.15, -0.1) is 0 Å². The van der Waals surface area contributed by atoms with Crippen molar-refractivity contribution in [1.82, 2.24) is 5.32 Å². The lowest BCUT2D eigenvalue weighted by Crippen LogP contribution is -2.39. The van der Waals surface area contributed by atoms with E-state index >= 15 is 0 Å². The highest BCUT2D eigenvalue weighted by Crippen LogP contribution is 2.33. The highest BCUT2D eigenvalue weighted by molar-refractivity contribution is 6.30. The molecule has 0 bridgehead atoms. The number of hydrogen-bond donors (Lipinski definition) is 1. The normalized spacial score (nSPS) is 13.7. The SMILES string of the molecule is COc1ccc(Cl)cc1C(CNC(C)(C)C)C(C)C. The van der Waals surface area contributed by atoms with Crippen molar-refractivity contribution < 1.29 is 4.74 Å². The van der Waals surface area contributed by atoms with Crippen LogP contribution in [0.2, 0.25) is 5.02 Å². The third-order valence-electron chi connectivity index (χ3n) is 3.25. The van der Waals surface area contributed by atoms with E-state index in [1.54, 1.807) is 7.11 Å². The topological polar surface area (TPSA) is 21.3 Å². The number of rotatable bonds is 5. The van der Waals surface area contributed by atoms with Gasteiger partial charge in [0.1, 0.15) is 5.75 Å². The molecule has 3 heteroatoms. The smallest absolute Gasteiger partial charge is 0.122 e. The van der Waals surface area contributed by atoms with Crippen LogP contribution in [0.3, 0.4) is 0 Å². The first kappa shape index (κ1) is 16.3. The summed E-state index contributed by atoms with van der Waals surface area (Å²) in [7, 11) is 1.71. The Balaban J connectivity index is 3.02. The van der Waals surface area contributed by atoms with Crippen molar-refractivity contribution >= 4 is 11.6 Å². The molecule has 1 aromatic carbocycles. The number of methoxy groups -OCH3 is 1. The Morgan fingerprint density at radius 1 is 1.26 bits per heavy atom. The molecule has 1 atom stereocenters. The molecule has 1 N–H and O–H groups in total. The van der Waals surface area contributed by atoms with Crippen LogP contribution in [0.25, 0.3) is 0 Å². The van der Waals surface area contributed by atoms with Gasteiger partial charge in [-0.05, 0) is 44.9 Å². The van der Waals surface area contributed by atoms with Crippen LogP contribution in [0.15, 0.2) is 18.2 Å². The van der Waals surface area contributed by atoms with Crippen molar-refractivity contribution in [2.45, 2.75) is 46.1 Å². The number of ether oxygens (including phenoxy) is 1. The maximum absolute atomic E-state index is 6.14. The standard InChI is InChI=1S/C16H26ClNO/c1-11(2)14(10-18-16(3,4)5)13-9-12(17)7-8-15(13)19-6/h7-9,11,14,18H,10H2,1-6H3. The van der Waals surface area contributed by atoms with E-state index in [0.29, 0.717) is 11.8 Å². The second-order valence-electron chi connectivity index (χ2n) is 6.37. The van der Waals surface area contributed by atoms with Crippen molar-refractivity contribution in [2.24, 2.45) is 5.92 Å². The third-order valence-corrected chi connectivity index (χ3v) is 3.48. The predicted molar refractivity (Wildman–Crippen MR) is 83.3 cm³/mol. The maximum atomic E-state index is 6.14. The van der Waals surface area contributed by atoms with Gasteiger partial charge in [-0.3, -0.25) is 0 Å². The van der Waals surface area contributed by atoms with Crippen LogP contribution in [-0.4, -0.2) is 19.2 Å². The fourth-order valence-corrected chi connectivity index (χ4v) is 2.30. The summed E-state index contributed by atoms with van der Waals surface area (Å²) in [5.74, 6) is 1.81. The highest BCUT2D eigenvalue weighted by atomic mass is 35.5. The van der Waals surface area contributed by atoms with E-state index in [-0.39, 0.29) is 5.54 Å². The van der Waals surface area contributed by atoms with Crippen LogP contribution in [-0.2, 0) is 0 Å². The van der Waals surface area contributed by atoms with Crippen molar-refractivity contribution in [1.29, 1.82) is 0 Å². The van der Waals surface area contributed by atoms with E-state index < -0.39 is 0 Å². The predicted octanol–water partition coefficient (Wildman–Crippen LogP) is 4.48. The van der Waals surface area contributed by atoms with Crippen LogP contribution in [0.1, 0.15) is 46.1 Å². The van der Waals surface area contributed by atoms with E-state index in [1.165, 1.54) is 5.56 Å². The van der Waals surface area contributed by atoms with Crippen molar-refractivity contribution in [3.05, 3.63) is 28.8 Å². The zero-order chi connectivity index (χ0) is 14.6. The van der Waals surface area contributed by atoms with Crippen molar-refractivity contribution in [2.75, 3.05) is 13.7 Å². The summed E-state index contributed by atoms with van der Waals surface area (Å²) in [6, 6.07) is 5.85. The maximum Gasteiger partial charge on any atom is 0.122 e. The molecule has 1 rings (SSSR count). The molecule has 0 amide bonds. The molecule has 0 aromatic heterocycles. The first-order valence-corrected chi connectivity index (χ1v) is 7.21. The minimum absolute atomic E-state index is 0.110. The van der Waals surface area contributed by atoms with E-state index in [0.717, 1.165) is 17.3 Å². The van der Waals surface area contributed by atoms with Crippen LogP contribution in [0.5, 0.6) is 5.75 Å². The minimum Gasteiger partial charge on any atom is -0.496 e. The molecule has 0 heterocycles. The summed E-state index contributed by atoms with van der Waals surface area (Å²) in [5.41, 5.74) is 1.29. The summed E-state index contributed by atoms with van der Waals surface area (Å²) >= 11 is 6.14. The van der Waals surface area contributed by atoms with Crippen LogP contribution in [0.4, 0.5) is 0 Å². The van der Waals surface area contributed by atoms with Gasteiger partial charge in [0, 0.05) is 28.6 Å². The summed E-state index contributed by atoms with van der Waals surface area (Å²) < 4.78 is 5.48. The molecule has 0 aliphatic carbocycles. The van der Waals surface area contributed by atoms with Gasteiger partial charge in [0.05, 0.1) is 7.11 Å². The molecule has 1 unspecified atom stereocenters. The van der Waals surface area contributed by atoms with Gasteiger partial charge in [0.2, 0.25) is 0 Å². The second-order valence-corrected chi connectivity index (χ2v) is 6.80. The van der Waals surface area contributed by atoms with Gasteiger partial charge in [-0.1, -0.05) is 25.4 Å². The second kappa shape index (κ2) is 6.62. The Hall–Kier alpha value is -0.730. The average molecular weight is 284 g/mol. The molecule has 2 nitrogen and oxygen atoms in total. The Kier molecular flexibility index (Phi) is 5.69. The largest absolute Gasteiger partial charge is 0.496 e. The van der Waals surface area contributed by atoms with Crippen molar-refractivity contribution in [3.63, 3.8) is 0 Å². The summed E-state index contributed by atoms with van der Waals surface area (Å²) in [6.45, 7) is 11.9. The third kappa shape index (κ3) is 5.04. The highest BCUT2D eigenvalue weighted by Gasteiger charge is 2.22. The van der Waals surface area contributed by atoms with Gasteiger partial charge in [0.25, 0.3) is 0 Å². The lowest BCUT2D eigenvalue weighted by molar-refractivity contribution is 0.356. The summed E-state index contributed by atoms with van der Waals surface area (Å²) in [6.07, 6.45) is 0. The zero-order valence-corrected chi connectivity index (χ0v) is 13.6. The monoisotopic (exact) mass is 283 g/mol. The molecule has 108 valence electrons. The van der Waals surface area contributed by atoms with E-state index in [1.807, 2.05) is 18.2 Å². The molecule has 0 aliphatic rings. The summed E-state index contributed by atoms with van der Waals surface area (Å²) in [4.78, 5) is 0. The molecule has 0 radical (unpaired) electrons. The molecule has 0 fully saturated rings. The molecule has 0 spiro atoms. The lowest BCUT2D eigenvalue weighted by atomic mass is 9.87. The lowest BCUT2D eigenvalue weighted by Gasteiger charge is -2.29. The molecule has 0 saturated heterocycles. The Morgan fingerprint density at radius 3 is 2.37 bits per heavy atom. The fraction of sp³-hybridized carbons (Fsp3) is 0.625. The van der Waals surface area contributed by atoms with Gasteiger partial charge >= 0.3 is 0 Å². The fourth-order valence-electron chi connectivity index (χ4n) is 2.12. The van der Waals surface area contributed by atoms with Crippen LogP contribution in [0, 0.1) is 5.92 Å². The molecular weight excluding hydrogens is 258 g/mol. The Morgan fingerprint density at radius 2 is 1.89 bits per heavy atom. The molecule has 0 aliphatic heterocycles. The Labute approximate surface area is 122 Å². The number of halogens is 1. The van der Waals surface area contributed by atoms with Gasteiger partial charge in [-0.2, -0.15) is 0 Å². The number of benzene rings is 1. The average Bonchev–Trinajstić information content (AvgIpc) is 2.27. The van der Waals surface area contributed by atoms with E-state index in [2.05, 4.69) is 39.9 Å². The van der Waals surface area contributed by atoms with E-state index in [9.17, 15) is 0 Å². The molecule has 19 heavy (non-hydrogen) atoms. The first-order chi connectivity index (χ1) is 8.74. The Bertz CT molecular complexity index is 410. The summed E-state index contributed by atoms with van der Waals surface area (Å²) in [5, 5.41) is 4.34. The molecule has 0 saturated carbocycles. The number of nitrogens with one attached hydrogen (secondary N) is 1. The van der Waals surface area contributed by atoms with Crippen molar-refractivity contribution in [3.8, 4) is 5.75 Å². The van der Waals surface area contributed by atoms with Crippen LogP contribution < -0.4 is 10.1 Å². The quantitative estimate of drug-likeness (QED) is 0.860. The molecular formula is C16H26ClNO. The zero-order valence-electron chi connectivity index (χ0n) is 12.9. The molecule has 1 aromatic rings. The van der Waals surface area contributed by atoms with Crippen LogP contribution >= 0.6 is 11.6 Å². The van der Waals surface area contributed by atoms with Gasteiger partial charge < -0.3 is 10.1 Å². The van der Waals surface area contributed by atoms with Gasteiger partial charge in [-0.25, -0.2) is 0 Å². The first-order valence-electron chi connectivity index (χ1n) is 6.83. The van der Waals surface area contributed by atoms with E-state index in [4.69, 9.17) is 16.3 Å².